The zero-order valence-electron chi connectivity index (χ0n) is 17.0. The molecular formula is C24H18Cl2N2O3S. The summed E-state index contributed by atoms with van der Waals surface area (Å²) in [6.07, 6.45) is 0. The maximum absolute atomic E-state index is 14.0. The Kier molecular flexibility index (Phi) is 5.32. The number of carbonyl (C=O) groups is 2. The second kappa shape index (κ2) is 8.03. The Balaban J connectivity index is 1.61. The molecule has 8 heteroatoms. The van der Waals surface area contributed by atoms with Crippen molar-refractivity contribution in [2.45, 2.75) is 11.4 Å². The first-order chi connectivity index (χ1) is 15.5. The van der Waals surface area contributed by atoms with Crippen molar-refractivity contribution in [3.05, 3.63) is 87.9 Å². The van der Waals surface area contributed by atoms with Gasteiger partial charge in [0.05, 0.1) is 35.1 Å². The lowest BCUT2D eigenvalue weighted by Crippen LogP contribution is -2.49. The third-order valence-electron chi connectivity index (χ3n) is 5.72. The number of hydrogen-bond acceptors (Lipinski definition) is 4. The van der Waals surface area contributed by atoms with E-state index in [2.05, 4.69) is 0 Å². The number of nitrogens with zero attached hydrogens (tertiary/aromatic N) is 2. The number of fused-ring (bicyclic) bond motifs is 2. The summed E-state index contributed by atoms with van der Waals surface area (Å²) in [5, 5.41) is 0.895. The average Bonchev–Trinajstić information content (AvgIpc) is 3.27. The van der Waals surface area contributed by atoms with Gasteiger partial charge >= 0.3 is 0 Å². The van der Waals surface area contributed by atoms with Crippen LogP contribution in [0.2, 0.25) is 10.0 Å². The number of amides is 2. The van der Waals surface area contributed by atoms with Gasteiger partial charge in [-0.05, 0) is 48.0 Å². The molecule has 0 unspecified atom stereocenters. The van der Waals surface area contributed by atoms with Gasteiger partial charge in [0.15, 0.2) is 0 Å². The zero-order valence-corrected chi connectivity index (χ0v) is 19.4. The number of methoxy groups -OCH3 is 1. The van der Waals surface area contributed by atoms with Crippen LogP contribution in [0.1, 0.15) is 11.1 Å². The summed E-state index contributed by atoms with van der Waals surface area (Å²) in [6, 6.07) is 20.2. The fourth-order valence-electron chi connectivity index (χ4n) is 4.26. The maximum Gasteiger partial charge on any atom is 0.269 e. The van der Waals surface area contributed by atoms with Crippen molar-refractivity contribution < 1.29 is 14.3 Å². The van der Waals surface area contributed by atoms with Gasteiger partial charge in [0.25, 0.3) is 5.91 Å². The predicted octanol–water partition coefficient (Wildman–Crippen LogP) is 5.48. The van der Waals surface area contributed by atoms with Gasteiger partial charge in [0, 0.05) is 11.3 Å². The number of halogens is 2. The molecule has 162 valence electrons. The minimum absolute atomic E-state index is 0.111. The van der Waals surface area contributed by atoms with Crippen LogP contribution in [0.25, 0.3) is 0 Å². The maximum atomic E-state index is 14.0. The van der Waals surface area contributed by atoms with E-state index in [0.717, 1.165) is 16.8 Å². The van der Waals surface area contributed by atoms with E-state index in [1.807, 2.05) is 42.5 Å². The first-order valence-electron chi connectivity index (χ1n) is 9.92. The molecule has 1 saturated heterocycles. The monoisotopic (exact) mass is 484 g/mol. The molecule has 3 aromatic rings. The lowest BCUT2D eigenvalue weighted by molar-refractivity contribution is -0.123. The summed E-state index contributed by atoms with van der Waals surface area (Å²) in [7, 11) is 1.59. The number of carbonyl (C=O) groups excluding carboxylic acids is 2. The van der Waals surface area contributed by atoms with E-state index < -0.39 is 4.87 Å². The van der Waals surface area contributed by atoms with Gasteiger partial charge in [-0.3, -0.25) is 14.5 Å². The minimum atomic E-state index is -1.15. The van der Waals surface area contributed by atoms with Crippen LogP contribution < -0.4 is 14.5 Å². The Labute approximate surface area is 199 Å². The van der Waals surface area contributed by atoms with E-state index in [4.69, 9.17) is 27.9 Å². The molecule has 0 aromatic heterocycles. The molecule has 2 aliphatic rings. The smallest absolute Gasteiger partial charge is 0.269 e. The highest BCUT2D eigenvalue weighted by Gasteiger charge is 2.60. The van der Waals surface area contributed by atoms with Crippen molar-refractivity contribution in [2.75, 3.05) is 22.7 Å². The lowest BCUT2D eigenvalue weighted by Gasteiger charge is -2.33. The second-order valence-corrected chi connectivity index (χ2v) is 9.50. The topological polar surface area (TPSA) is 49.9 Å². The number of rotatable bonds is 4. The summed E-state index contributed by atoms with van der Waals surface area (Å²) in [5.41, 5.74) is 3.09. The molecule has 5 nitrogen and oxygen atoms in total. The van der Waals surface area contributed by atoms with Gasteiger partial charge in [0.1, 0.15) is 5.75 Å². The first-order valence-corrected chi connectivity index (χ1v) is 11.7. The average molecular weight is 485 g/mol. The molecule has 0 aliphatic carbocycles. The third-order valence-corrected chi connectivity index (χ3v) is 7.84. The molecule has 0 N–H and O–H groups in total. The van der Waals surface area contributed by atoms with Crippen molar-refractivity contribution in [1.29, 1.82) is 0 Å². The molecule has 2 aliphatic heterocycles. The van der Waals surface area contributed by atoms with E-state index in [-0.39, 0.29) is 17.6 Å². The van der Waals surface area contributed by atoms with Crippen LogP contribution in [0, 0.1) is 0 Å². The van der Waals surface area contributed by atoms with E-state index in [1.54, 1.807) is 41.2 Å². The fraction of sp³-hybridized carbons (Fsp3) is 0.167. The van der Waals surface area contributed by atoms with E-state index in [1.165, 1.54) is 11.8 Å². The van der Waals surface area contributed by atoms with Gasteiger partial charge in [-0.2, -0.15) is 0 Å². The summed E-state index contributed by atoms with van der Waals surface area (Å²) >= 11 is 13.6. The van der Waals surface area contributed by atoms with Crippen LogP contribution in [0.3, 0.4) is 0 Å². The number of benzene rings is 3. The van der Waals surface area contributed by atoms with Crippen LogP contribution in [0.4, 0.5) is 11.4 Å². The summed E-state index contributed by atoms with van der Waals surface area (Å²) in [6.45, 7) is 0.319. The Bertz CT molecular complexity index is 1230. The molecule has 1 fully saturated rings. The summed E-state index contributed by atoms with van der Waals surface area (Å²) in [5.74, 6) is 0.629. The highest BCUT2D eigenvalue weighted by Crippen LogP contribution is 2.56. The molecule has 3 aromatic carbocycles. The normalized spacial score (nSPS) is 19.7. The standard InChI is InChI=1S/C24H18Cl2N2O3S/c1-31-17-9-7-16(8-10-17)28-22(29)14-32-24(28)18-4-2-3-5-21(18)27(23(24)30)13-15-6-11-19(25)20(26)12-15/h2-12H,13-14H2,1H3/t24-/m0/s1. The summed E-state index contributed by atoms with van der Waals surface area (Å²) < 4.78 is 5.25. The number of anilines is 2. The van der Waals surface area contributed by atoms with Crippen molar-refractivity contribution in [3.63, 3.8) is 0 Å². The van der Waals surface area contributed by atoms with E-state index in [9.17, 15) is 9.59 Å². The molecule has 32 heavy (non-hydrogen) atoms. The zero-order chi connectivity index (χ0) is 22.5. The fourth-order valence-corrected chi connectivity index (χ4v) is 5.94. The second-order valence-electron chi connectivity index (χ2n) is 7.52. The van der Waals surface area contributed by atoms with Gasteiger partial charge in [0.2, 0.25) is 10.8 Å². The molecule has 1 spiro atoms. The molecule has 1 atom stereocenters. The SMILES string of the molecule is COc1ccc(N2C(=O)CS[C@@]23C(=O)N(Cc2ccc(Cl)c(Cl)c2)c2ccccc23)cc1. The van der Waals surface area contributed by atoms with Gasteiger partial charge in [-0.15, -0.1) is 11.8 Å². The van der Waals surface area contributed by atoms with Crippen LogP contribution in [0.15, 0.2) is 66.7 Å². The number of thioether (sulfide) groups is 1. The minimum Gasteiger partial charge on any atom is -0.497 e. The largest absolute Gasteiger partial charge is 0.497 e. The Morgan fingerprint density at radius 3 is 2.47 bits per heavy atom. The van der Waals surface area contributed by atoms with Crippen molar-refractivity contribution in [3.8, 4) is 5.75 Å². The highest BCUT2D eigenvalue weighted by atomic mass is 35.5. The van der Waals surface area contributed by atoms with E-state index >= 15 is 0 Å². The molecule has 2 amide bonds. The Hall–Kier alpha value is -2.67. The molecule has 0 saturated carbocycles. The Morgan fingerprint density at radius 1 is 1.00 bits per heavy atom. The number of ether oxygens (including phenoxy) is 1. The van der Waals surface area contributed by atoms with Crippen molar-refractivity contribution in [2.24, 2.45) is 0 Å². The van der Waals surface area contributed by atoms with Gasteiger partial charge in [-0.25, -0.2) is 0 Å². The third kappa shape index (κ3) is 3.17. The first kappa shape index (κ1) is 21.2. The molecule has 2 heterocycles. The Morgan fingerprint density at radius 2 is 1.75 bits per heavy atom. The molecule has 0 bridgehead atoms. The van der Waals surface area contributed by atoms with Gasteiger partial charge in [-0.1, -0.05) is 47.5 Å². The highest BCUT2D eigenvalue weighted by molar-refractivity contribution is 8.02. The number of para-hydroxylation sites is 1. The van der Waals surface area contributed by atoms with Crippen molar-refractivity contribution >= 4 is 58.2 Å². The van der Waals surface area contributed by atoms with Crippen LogP contribution in [-0.4, -0.2) is 24.7 Å². The molecule has 5 rings (SSSR count). The van der Waals surface area contributed by atoms with Gasteiger partial charge < -0.3 is 9.64 Å². The summed E-state index contributed by atoms with van der Waals surface area (Å²) in [4.78, 5) is 29.3. The van der Waals surface area contributed by atoms with Crippen LogP contribution >= 0.6 is 35.0 Å². The van der Waals surface area contributed by atoms with Crippen LogP contribution in [0.5, 0.6) is 5.75 Å². The van der Waals surface area contributed by atoms with Crippen molar-refractivity contribution in [1.82, 2.24) is 0 Å². The van der Waals surface area contributed by atoms with Crippen LogP contribution in [-0.2, 0) is 21.0 Å². The number of hydrogen-bond donors (Lipinski definition) is 0. The lowest BCUT2D eigenvalue weighted by atomic mass is 10.0. The predicted molar refractivity (Wildman–Crippen MR) is 129 cm³/mol. The quantitative estimate of drug-likeness (QED) is 0.491. The van der Waals surface area contributed by atoms with E-state index in [0.29, 0.717) is 28.0 Å². The molecule has 0 radical (unpaired) electrons. The molecular weight excluding hydrogens is 467 g/mol.